The van der Waals surface area contributed by atoms with Crippen LogP contribution in [0.25, 0.3) is 0 Å². The highest BCUT2D eigenvalue weighted by Crippen LogP contribution is 2.25. The topological polar surface area (TPSA) is 53.6 Å². The molecule has 0 radical (unpaired) electrons. The van der Waals surface area contributed by atoms with E-state index in [4.69, 9.17) is 28.9 Å². The SMILES string of the molecule is CCN(CC)CCN=C(N)NC(C)c1ccc(Cl)cc1Cl. The summed E-state index contributed by atoms with van der Waals surface area (Å²) in [6, 6.07) is 5.41. The summed E-state index contributed by atoms with van der Waals surface area (Å²) >= 11 is 12.1. The average Bonchev–Trinajstić information content (AvgIpc) is 2.43. The van der Waals surface area contributed by atoms with Gasteiger partial charge < -0.3 is 16.0 Å². The summed E-state index contributed by atoms with van der Waals surface area (Å²) in [4.78, 5) is 6.65. The van der Waals surface area contributed by atoms with E-state index in [0.717, 1.165) is 25.2 Å². The lowest BCUT2D eigenvalue weighted by Gasteiger charge is -2.18. The van der Waals surface area contributed by atoms with Gasteiger partial charge in [0, 0.05) is 16.6 Å². The van der Waals surface area contributed by atoms with Crippen LogP contribution in [0.5, 0.6) is 0 Å². The van der Waals surface area contributed by atoms with Crippen molar-refractivity contribution in [3.8, 4) is 0 Å². The van der Waals surface area contributed by atoms with Crippen molar-refractivity contribution < 1.29 is 0 Å². The number of rotatable bonds is 7. The Kier molecular flexibility index (Phi) is 7.86. The summed E-state index contributed by atoms with van der Waals surface area (Å²) < 4.78 is 0. The molecule has 3 N–H and O–H groups in total. The Hall–Kier alpha value is -0.970. The Morgan fingerprint density at radius 3 is 2.57 bits per heavy atom. The third-order valence-corrected chi connectivity index (χ3v) is 3.95. The number of nitrogens with two attached hydrogens (primary N) is 1. The summed E-state index contributed by atoms with van der Waals surface area (Å²) in [7, 11) is 0. The molecule has 0 aliphatic carbocycles. The van der Waals surface area contributed by atoms with Crippen LogP contribution in [0.3, 0.4) is 0 Å². The molecule has 0 amide bonds. The lowest BCUT2D eigenvalue weighted by atomic mass is 10.1. The van der Waals surface area contributed by atoms with E-state index in [9.17, 15) is 0 Å². The van der Waals surface area contributed by atoms with Crippen LogP contribution in [0.2, 0.25) is 10.0 Å². The minimum Gasteiger partial charge on any atom is -0.370 e. The number of benzene rings is 1. The number of nitrogens with zero attached hydrogens (tertiary/aromatic N) is 2. The van der Waals surface area contributed by atoms with Crippen molar-refractivity contribution in [1.29, 1.82) is 0 Å². The number of aliphatic imine (C=N–C) groups is 1. The molecule has 6 heteroatoms. The van der Waals surface area contributed by atoms with Crippen molar-refractivity contribution >= 4 is 29.2 Å². The zero-order valence-corrected chi connectivity index (χ0v) is 14.4. The van der Waals surface area contributed by atoms with Crippen LogP contribution in [0, 0.1) is 0 Å². The summed E-state index contributed by atoms with van der Waals surface area (Å²) in [5, 5.41) is 4.39. The minimum atomic E-state index is -0.0213. The van der Waals surface area contributed by atoms with Gasteiger partial charge in [-0.05, 0) is 37.7 Å². The van der Waals surface area contributed by atoms with Crippen molar-refractivity contribution in [2.24, 2.45) is 10.7 Å². The minimum absolute atomic E-state index is 0.0213. The predicted molar refractivity (Wildman–Crippen MR) is 92.3 cm³/mol. The van der Waals surface area contributed by atoms with Gasteiger partial charge in [0.05, 0.1) is 12.6 Å². The van der Waals surface area contributed by atoms with Crippen LogP contribution in [0.15, 0.2) is 23.2 Å². The maximum atomic E-state index is 6.18. The third kappa shape index (κ3) is 6.12. The number of hydrogen-bond donors (Lipinski definition) is 2. The molecular formula is C15H24Cl2N4. The first-order chi connectivity index (χ1) is 9.97. The molecule has 0 saturated carbocycles. The Morgan fingerprint density at radius 2 is 2.00 bits per heavy atom. The van der Waals surface area contributed by atoms with E-state index in [1.54, 1.807) is 6.07 Å². The molecule has 0 bridgehead atoms. The van der Waals surface area contributed by atoms with Crippen LogP contribution < -0.4 is 11.1 Å². The largest absolute Gasteiger partial charge is 0.370 e. The van der Waals surface area contributed by atoms with Crippen molar-refractivity contribution in [3.05, 3.63) is 33.8 Å². The van der Waals surface area contributed by atoms with E-state index < -0.39 is 0 Å². The molecule has 118 valence electrons. The molecule has 0 aliphatic heterocycles. The number of nitrogens with one attached hydrogen (secondary N) is 1. The van der Waals surface area contributed by atoms with Gasteiger partial charge >= 0.3 is 0 Å². The smallest absolute Gasteiger partial charge is 0.189 e. The number of guanidine groups is 1. The Labute approximate surface area is 137 Å². The van der Waals surface area contributed by atoms with Crippen molar-refractivity contribution in [1.82, 2.24) is 10.2 Å². The standard InChI is InChI=1S/C15H24Cl2N4/c1-4-21(5-2)9-8-19-15(18)20-11(3)13-7-6-12(16)10-14(13)17/h6-7,10-11H,4-5,8-9H2,1-3H3,(H3,18,19,20). The molecule has 0 aliphatic rings. The van der Waals surface area contributed by atoms with Gasteiger partial charge in [-0.3, -0.25) is 4.99 Å². The molecule has 1 aromatic carbocycles. The Balaban J connectivity index is 2.55. The van der Waals surface area contributed by atoms with E-state index in [1.807, 2.05) is 19.1 Å². The molecule has 0 heterocycles. The second-order valence-electron chi connectivity index (χ2n) is 4.83. The van der Waals surface area contributed by atoms with Gasteiger partial charge in [0.2, 0.25) is 0 Å². The van der Waals surface area contributed by atoms with Crippen LogP contribution >= 0.6 is 23.2 Å². The number of halogens is 2. The second-order valence-corrected chi connectivity index (χ2v) is 5.67. The zero-order valence-electron chi connectivity index (χ0n) is 12.9. The molecule has 1 atom stereocenters. The summed E-state index contributed by atoms with van der Waals surface area (Å²) in [5.74, 6) is 0.431. The normalized spacial score (nSPS) is 13.5. The first-order valence-corrected chi connectivity index (χ1v) is 7.97. The molecule has 0 spiro atoms. The van der Waals surface area contributed by atoms with E-state index >= 15 is 0 Å². The van der Waals surface area contributed by atoms with Gasteiger partial charge in [0.25, 0.3) is 0 Å². The fourth-order valence-electron chi connectivity index (χ4n) is 2.05. The maximum absolute atomic E-state index is 6.18. The lowest BCUT2D eigenvalue weighted by Crippen LogP contribution is -2.35. The molecular weight excluding hydrogens is 307 g/mol. The first-order valence-electron chi connectivity index (χ1n) is 7.21. The fraction of sp³-hybridized carbons (Fsp3) is 0.533. The predicted octanol–water partition coefficient (Wildman–Crippen LogP) is 3.30. The van der Waals surface area contributed by atoms with E-state index in [2.05, 4.69) is 29.1 Å². The lowest BCUT2D eigenvalue weighted by molar-refractivity contribution is 0.313. The molecule has 1 rings (SSSR count). The maximum Gasteiger partial charge on any atom is 0.189 e. The summed E-state index contributed by atoms with van der Waals surface area (Å²) in [6.45, 7) is 9.90. The molecule has 21 heavy (non-hydrogen) atoms. The fourth-order valence-corrected chi connectivity index (χ4v) is 2.62. The van der Waals surface area contributed by atoms with Gasteiger partial charge in [-0.25, -0.2) is 0 Å². The molecule has 1 unspecified atom stereocenters. The number of likely N-dealkylation sites (N-methyl/N-ethyl adjacent to an activating group) is 1. The number of hydrogen-bond acceptors (Lipinski definition) is 2. The van der Waals surface area contributed by atoms with Gasteiger partial charge in [0.15, 0.2) is 5.96 Å². The second kappa shape index (κ2) is 9.13. The third-order valence-electron chi connectivity index (χ3n) is 3.39. The Bertz CT molecular complexity index is 473. The van der Waals surface area contributed by atoms with Crippen LogP contribution in [-0.2, 0) is 0 Å². The van der Waals surface area contributed by atoms with E-state index in [1.165, 1.54) is 0 Å². The van der Waals surface area contributed by atoms with E-state index in [0.29, 0.717) is 22.5 Å². The quantitative estimate of drug-likeness (QED) is 0.595. The highest BCUT2D eigenvalue weighted by atomic mass is 35.5. The first kappa shape index (κ1) is 18.1. The van der Waals surface area contributed by atoms with Crippen LogP contribution in [-0.4, -0.2) is 37.0 Å². The van der Waals surface area contributed by atoms with Gasteiger partial charge in [-0.1, -0.05) is 43.1 Å². The molecule has 4 nitrogen and oxygen atoms in total. The van der Waals surface area contributed by atoms with Crippen molar-refractivity contribution in [2.75, 3.05) is 26.2 Å². The monoisotopic (exact) mass is 330 g/mol. The van der Waals surface area contributed by atoms with Crippen molar-refractivity contribution in [3.63, 3.8) is 0 Å². The zero-order chi connectivity index (χ0) is 15.8. The van der Waals surface area contributed by atoms with Crippen molar-refractivity contribution in [2.45, 2.75) is 26.8 Å². The summed E-state index contributed by atoms with van der Waals surface area (Å²) in [6.07, 6.45) is 0. The Morgan fingerprint density at radius 1 is 1.33 bits per heavy atom. The van der Waals surface area contributed by atoms with Gasteiger partial charge in [-0.15, -0.1) is 0 Å². The van der Waals surface area contributed by atoms with Gasteiger partial charge in [0.1, 0.15) is 0 Å². The van der Waals surface area contributed by atoms with E-state index in [-0.39, 0.29) is 6.04 Å². The van der Waals surface area contributed by atoms with Crippen LogP contribution in [0.1, 0.15) is 32.4 Å². The molecule has 1 aromatic rings. The average molecular weight is 331 g/mol. The van der Waals surface area contributed by atoms with Crippen LogP contribution in [0.4, 0.5) is 0 Å². The summed E-state index contributed by atoms with van der Waals surface area (Å²) in [5.41, 5.74) is 6.86. The highest BCUT2D eigenvalue weighted by Gasteiger charge is 2.10. The molecule has 0 saturated heterocycles. The molecule has 0 fully saturated rings. The highest BCUT2D eigenvalue weighted by molar-refractivity contribution is 6.35. The molecule has 0 aromatic heterocycles. The van der Waals surface area contributed by atoms with Gasteiger partial charge in [-0.2, -0.15) is 0 Å².